The molecule has 0 aromatic heterocycles. The van der Waals surface area contributed by atoms with E-state index in [1.54, 1.807) is 18.2 Å². The molecular formula is C11H14NO2. The largest absolute Gasteiger partial charge is 0.494 e. The predicted molar refractivity (Wildman–Crippen MR) is 54.2 cm³/mol. The lowest BCUT2D eigenvalue weighted by molar-refractivity contribution is 0.1000. The maximum absolute atomic E-state index is 10.7. The van der Waals surface area contributed by atoms with Crippen LogP contribution in [0.2, 0.25) is 0 Å². The number of carbonyl (C=O) groups excluding carboxylic acids is 1. The van der Waals surface area contributed by atoms with E-state index in [1.807, 2.05) is 0 Å². The molecule has 0 unspecified atom stereocenters. The van der Waals surface area contributed by atoms with Gasteiger partial charge in [-0.2, -0.15) is 0 Å². The number of hydrogen-bond donors (Lipinski definition) is 1. The van der Waals surface area contributed by atoms with Crippen molar-refractivity contribution in [2.24, 2.45) is 5.73 Å². The number of nitrogens with two attached hydrogens (primary N) is 1. The van der Waals surface area contributed by atoms with Gasteiger partial charge in [0.05, 0.1) is 6.61 Å². The Balaban J connectivity index is 2.51. The number of primary amides is 1. The topological polar surface area (TPSA) is 52.3 Å². The molecular weight excluding hydrogens is 178 g/mol. The van der Waals surface area contributed by atoms with E-state index in [0.29, 0.717) is 12.2 Å². The first kappa shape index (κ1) is 10.6. The van der Waals surface area contributed by atoms with E-state index in [-0.39, 0.29) is 0 Å². The van der Waals surface area contributed by atoms with Gasteiger partial charge in [-0.25, -0.2) is 0 Å². The molecule has 0 saturated carbocycles. The van der Waals surface area contributed by atoms with Gasteiger partial charge in [-0.3, -0.25) is 4.79 Å². The Morgan fingerprint density at radius 3 is 2.86 bits per heavy atom. The average Bonchev–Trinajstić information content (AvgIpc) is 2.19. The molecule has 1 aromatic rings. The Kier molecular flexibility index (Phi) is 3.98. The fraction of sp³-hybridized carbons (Fsp3) is 0.364. The molecule has 0 bridgehead atoms. The van der Waals surface area contributed by atoms with Gasteiger partial charge < -0.3 is 10.5 Å². The zero-order chi connectivity index (χ0) is 10.4. The molecule has 0 atom stereocenters. The summed E-state index contributed by atoms with van der Waals surface area (Å²) < 4.78 is 5.40. The minimum Gasteiger partial charge on any atom is -0.494 e. The molecule has 0 saturated heterocycles. The second-order valence-corrected chi connectivity index (χ2v) is 3.00. The summed E-state index contributed by atoms with van der Waals surface area (Å²) in [5.74, 6) is 0.258. The van der Waals surface area contributed by atoms with Crippen LogP contribution in [0.1, 0.15) is 30.1 Å². The lowest BCUT2D eigenvalue weighted by Crippen LogP contribution is -2.10. The molecule has 0 fully saturated rings. The Morgan fingerprint density at radius 1 is 1.57 bits per heavy atom. The standard InChI is InChI=1S/C11H14NO2/c1-2-3-8-14-10-6-4-9(5-7-10)11(12)13/h4,6-7H,2-3,8H2,1H3,(H2,12,13). The third-order valence-electron chi connectivity index (χ3n) is 1.82. The van der Waals surface area contributed by atoms with Crippen molar-refractivity contribution in [3.05, 3.63) is 29.8 Å². The first-order valence-corrected chi connectivity index (χ1v) is 4.68. The Hall–Kier alpha value is -1.51. The van der Waals surface area contributed by atoms with Crippen molar-refractivity contribution in [3.8, 4) is 5.75 Å². The van der Waals surface area contributed by atoms with Crippen LogP contribution in [-0.4, -0.2) is 12.5 Å². The first-order valence-electron chi connectivity index (χ1n) is 4.68. The van der Waals surface area contributed by atoms with Crippen molar-refractivity contribution in [3.63, 3.8) is 0 Å². The smallest absolute Gasteiger partial charge is 0.249 e. The number of hydrogen-bond acceptors (Lipinski definition) is 2. The van der Waals surface area contributed by atoms with Gasteiger partial charge in [0.25, 0.3) is 0 Å². The van der Waals surface area contributed by atoms with E-state index >= 15 is 0 Å². The van der Waals surface area contributed by atoms with Gasteiger partial charge in [-0.05, 0) is 30.7 Å². The molecule has 14 heavy (non-hydrogen) atoms. The normalized spacial score (nSPS) is 9.79. The van der Waals surface area contributed by atoms with Crippen LogP contribution < -0.4 is 10.5 Å². The number of ether oxygens (including phenoxy) is 1. The van der Waals surface area contributed by atoms with Gasteiger partial charge in [0.1, 0.15) is 5.75 Å². The molecule has 0 heterocycles. The number of unbranched alkanes of at least 4 members (excludes halogenated alkanes) is 1. The lowest BCUT2D eigenvalue weighted by Gasteiger charge is -2.04. The third-order valence-corrected chi connectivity index (χ3v) is 1.82. The quantitative estimate of drug-likeness (QED) is 0.723. The van der Waals surface area contributed by atoms with Gasteiger partial charge in [-0.1, -0.05) is 13.3 Å². The van der Waals surface area contributed by atoms with Gasteiger partial charge in [-0.15, -0.1) is 0 Å². The predicted octanol–water partition coefficient (Wildman–Crippen LogP) is 1.76. The Bertz CT molecular complexity index is 293. The minimum atomic E-state index is -0.467. The molecule has 3 heteroatoms. The zero-order valence-electron chi connectivity index (χ0n) is 8.25. The van der Waals surface area contributed by atoms with Gasteiger partial charge >= 0.3 is 0 Å². The molecule has 0 aliphatic heterocycles. The summed E-state index contributed by atoms with van der Waals surface area (Å²) in [6.07, 6.45) is 2.13. The molecule has 0 aliphatic rings. The first-order chi connectivity index (χ1) is 6.74. The molecule has 1 rings (SSSR count). The number of carbonyl (C=O) groups is 1. The highest BCUT2D eigenvalue weighted by Gasteiger charge is 2.00. The van der Waals surface area contributed by atoms with E-state index in [0.717, 1.165) is 18.6 Å². The fourth-order valence-electron chi connectivity index (χ4n) is 0.988. The van der Waals surface area contributed by atoms with Crippen molar-refractivity contribution >= 4 is 5.91 Å². The van der Waals surface area contributed by atoms with Gasteiger partial charge in [0.2, 0.25) is 5.91 Å². The highest BCUT2D eigenvalue weighted by Crippen LogP contribution is 2.11. The van der Waals surface area contributed by atoms with Crippen LogP contribution in [0.5, 0.6) is 5.75 Å². The van der Waals surface area contributed by atoms with Crippen LogP contribution in [0.25, 0.3) is 0 Å². The number of amides is 1. The average molecular weight is 192 g/mol. The zero-order valence-corrected chi connectivity index (χ0v) is 8.25. The molecule has 3 nitrogen and oxygen atoms in total. The van der Waals surface area contributed by atoms with E-state index in [4.69, 9.17) is 10.5 Å². The molecule has 0 aliphatic carbocycles. The third kappa shape index (κ3) is 3.09. The molecule has 2 N–H and O–H groups in total. The van der Waals surface area contributed by atoms with Crippen molar-refractivity contribution in [1.82, 2.24) is 0 Å². The van der Waals surface area contributed by atoms with Crippen LogP contribution >= 0.6 is 0 Å². The molecule has 0 spiro atoms. The van der Waals surface area contributed by atoms with Crippen molar-refractivity contribution < 1.29 is 9.53 Å². The summed E-state index contributed by atoms with van der Waals surface area (Å²) >= 11 is 0. The summed E-state index contributed by atoms with van der Waals surface area (Å²) in [6, 6.07) is 7.74. The van der Waals surface area contributed by atoms with Crippen LogP contribution in [0.4, 0.5) is 0 Å². The van der Waals surface area contributed by atoms with Crippen molar-refractivity contribution in [2.45, 2.75) is 19.8 Å². The summed E-state index contributed by atoms with van der Waals surface area (Å²) in [6.45, 7) is 2.80. The van der Waals surface area contributed by atoms with E-state index < -0.39 is 5.91 Å². The SMILES string of the molecule is CCCCOc1c[c]c(C(N)=O)cc1. The molecule has 1 radical (unpaired) electrons. The second kappa shape index (κ2) is 5.27. The Morgan fingerprint density at radius 2 is 2.36 bits per heavy atom. The number of rotatable bonds is 5. The molecule has 1 aromatic carbocycles. The second-order valence-electron chi connectivity index (χ2n) is 3.00. The van der Waals surface area contributed by atoms with E-state index in [1.165, 1.54) is 0 Å². The van der Waals surface area contributed by atoms with Crippen LogP contribution in [0, 0.1) is 6.07 Å². The monoisotopic (exact) mass is 192 g/mol. The maximum Gasteiger partial charge on any atom is 0.249 e. The van der Waals surface area contributed by atoms with Crippen LogP contribution in [-0.2, 0) is 0 Å². The number of benzene rings is 1. The highest BCUT2D eigenvalue weighted by atomic mass is 16.5. The Labute approximate surface area is 83.9 Å². The molecule has 1 amide bonds. The van der Waals surface area contributed by atoms with Crippen LogP contribution in [0.15, 0.2) is 18.2 Å². The lowest BCUT2D eigenvalue weighted by atomic mass is 10.2. The van der Waals surface area contributed by atoms with Crippen molar-refractivity contribution in [2.75, 3.05) is 6.61 Å². The summed E-state index contributed by atoms with van der Waals surface area (Å²) in [7, 11) is 0. The molecule has 75 valence electrons. The summed E-state index contributed by atoms with van der Waals surface area (Å²) in [4.78, 5) is 10.7. The summed E-state index contributed by atoms with van der Waals surface area (Å²) in [5.41, 5.74) is 5.46. The van der Waals surface area contributed by atoms with Crippen LogP contribution in [0.3, 0.4) is 0 Å². The van der Waals surface area contributed by atoms with Gasteiger partial charge in [0, 0.05) is 5.56 Å². The minimum absolute atomic E-state index is 0.382. The van der Waals surface area contributed by atoms with Crippen molar-refractivity contribution in [1.29, 1.82) is 0 Å². The maximum atomic E-state index is 10.7. The summed E-state index contributed by atoms with van der Waals surface area (Å²) in [5, 5.41) is 0. The fourth-order valence-corrected chi connectivity index (χ4v) is 0.988. The highest BCUT2D eigenvalue weighted by molar-refractivity contribution is 5.92. The van der Waals surface area contributed by atoms with E-state index in [2.05, 4.69) is 13.0 Å². The van der Waals surface area contributed by atoms with Gasteiger partial charge in [0.15, 0.2) is 0 Å². The van der Waals surface area contributed by atoms with E-state index in [9.17, 15) is 4.79 Å².